The zero-order valence-electron chi connectivity index (χ0n) is 12.4. The molecule has 102 valence electrons. The lowest BCUT2D eigenvalue weighted by Gasteiger charge is -2.25. The minimum Gasteiger partial charge on any atom is -0.314 e. The predicted octanol–water partition coefficient (Wildman–Crippen LogP) is 3.74. The van der Waals surface area contributed by atoms with Gasteiger partial charge in [-0.3, -0.25) is 4.98 Å². The van der Waals surface area contributed by atoms with Gasteiger partial charge in [0.05, 0.1) is 0 Å². The van der Waals surface area contributed by atoms with Crippen LogP contribution in [0.15, 0.2) is 18.3 Å². The summed E-state index contributed by atoms with van der Waals surface area (Å²) in [6.45, 7) is 10.00. The normalized spacial score (nSPS) is 14.4. The van der Waals surface area contributed by atoms with Gasteiger partial charge in [-0.05, 0) is 37.4 Å². The summed E-state index contributed by atoms with van der Waals surface area (Å²) in [4.78, 5) is 4.52. The highest BCUT2D eigenvalue weighted by Crippen LogP contribution is 2.17. The first-order valence-corrected chi connectivity index (χ1v) is 7.32. The van der Waals surface area contributed by atoms with E-state index in [4.69, 9.17) is 0 Å². The number of rotatable bonds is 8. The largest absolute Gasteiger partial charge is 0.314 e. The molecule has 1 N–H and O–H groups in total. The van der Waals surface area contributed by atoms with Gasteiger partial charge in [-0.1, -0.05) is 39.7 Å². The van der Waals surface area contributed by atoms with Crippen LogP contribution in [0.1, 0.15) is 51.3 Å². The van der Waals surface area contributed by atoms with Crippen molar-refractivity contribution in [2.75, 3.05) is 6.54 Å². The standard InChI is InChI=1S/C16H28N2/c1-5-7-9-13(3)15(17-6-2)12-16-14(4)10-8-11-18-16/h8,10-11,13,15,17H,5-7,9,12H2,1-4H3. The van der Waals surface area contributed by atoms with E-state index in [1.807, 2.05) is 12.3 Å². The molecule has 1 heterocycles. The van der Waals surface area contributed by atoms with Gasteiger partial charge in [0.25, 0.3) is 0 Å². The molecule has 0 aliphatic carbocycles. The summed E-state index contributed by atoms with van der Waals surface area (Å²) in [5, 5.41) is 3.63. The molecule has 0 spiro atoms. The van der Waals surface area contributed by atoms with E-state index in [9.17, 15) is 0 Å². The number of nitrogens with zero attached hydrogens (tertiary/aromatic N) is 1. The van der Waals surface area contributed by atoms with Crippen molar-refractivity contribution in [3.63, 3.8) is 0 Å². The van der Waals surface area contributed by atoms with Crippen LogP contribution in [0.4, 0.5) is 0 Å². The molecule has 0 saturated heterocycles. The van der Waals surface area contributed by atoms with Crippen LogP contribution in [0.3, 0.4) is 0 Å². The smallest absolute Gasteiger partial charge is 0.0448 e. The molecule has 0 aliphatic rings. The Morgan fingerprint density at radius 1 is 1.33 bits per heavy atom. The SMILES string of the molecule is CCCCC(C)C(Cc1ncccc1C)NCC. The molecule has 0 amide bonds. The number of aromatic nitrogens is 1. The van der Waals surface area contributed by atoms with Gasteiger partial charge in [0.15, 0.2) is 0 Å². The summed E-state index contributed by atoms with van der Waals surface area (Å²) in [7, 11) is 0. The topological polar surface area (TPSA) is 24.9 Å². The zero-order chi connectivity index (χ0) is 13.4. The number of hydrogen-bond acceptors (Lipinski definition) is 2. The number of aryl methyl sites for hydroxylation is 1. The molecule has 0 aliphatic heterocycles. The summed E-state index contributed by atoms with van der Waals surface area (Å²) < 4.78 is 0. The third kappa shape index (κ3) is 4.77. The molecule has 1 aromatic heterocycles. The Labute approximate surface area is 112 Å². The minimum atomic E-state index is 0.551. The Hall–Kier alpha value is -0.890. The Morgan fingerprint density at radius 3 is 2.72 bits per heavy atom. The van der Waals surface area contributed by atoms with Crippen molar-refractivity contribution in [1.29, 1.82) is 0 Å². The van der Waals surface area contributed by atoms with Crippen molar-refractivity contribution in [3.05, 3.63) is 29.6 Å². The van der Waals surface area contributed by atoms with Crippen molar-refractivity contribution in [1.82, 2.24) is 10.3 Å². The second-order valence-corrected chi connectivity index (χ2v) is 5.25. The van der Waals surface area contributed by atoms with Crippen LogP contribution in [0, 0.1) is 12.8 Å². The first-order valence-electron chi connectivity index (χ1n) is 7.32. The van der Waals surface area contributed by atoms with E-state index in [0.29, 0.717) is 12.0 Å². The van der Waals surface area contributed by atoms with E-state index >= 15 is 0 Å². The molecule has 0 radical (unpaired) electrons. The van der Waals surface area contributed by atoms with Gasteiger partial charge in [-0.15, -0.1) is 0 Å². The maximum Gasteiger partial charge on any atom is 0.0448 e. The van der Waals surface area contributed by atoms with Gasteiger partial charge in [0, 0.05) is 24.4 Å². The average Bonchev–Trinajstić information content (AvgIpc) is 2.38. The van der Waals surface area contributed by atoms with Crippen LogP contribution in [-0.4, -0.2) is 17.6 Å². The van der Waals surface area contributed by atoms with E-state index in [1.54, 1.807) is 0 Å². The second-order valence-electron chi connectivity index (χ2n) is 5.25. The van der Waals surface area contributed by atoms with Gasteiger partial charge >= 0.3 is 0 Å². The van der Waals surface area contributed by atoms with Crippen LogP contribution in [0.25, 0.3) is 0 Å². The highest BCUT2D eigenvalue weighted by molar-refractivity contribution is 5.18. The Bertz CT molecular complexity index is 336. The van der Waals surface area contributed by atoms with Crippen LogP contribution < -0.4 is 5.32 Å². The van der Waals surface area contributed by atoms with Gasteiger partial charge in [-0.25, -0.2) is 0 Å². The van der Waals surface area contributed by atoms with Crippen molar-refractivity contribution in [2.24, 2.45) is 5.92 Å². The molecule has 0 fully saturated rings. The Morgan fingerprint density at radius 2 is 2.11 bits per heavy atom. The molecule has 2 unspecified atom stereocenters. The summed E-state index contributed by atoms with van der Waals surface area (Å²) >= 11 is 0. The van der Waals surface area contributed by atoms with Crippen LogP contribution in [0.2, 0.25) is 0 Å². The molecule has 2 nitrogen and oxygen atoms in total. The van der Waals surface area contributed by atoms with Crippen molar-refractivity contribution >= 4 is 0 Å². The van der Waals surface area contributed by atoms with E-state index in [2.05, 4.69) is 44.1 Å². The van der Waals surface area contributed by atoms with Gasteiger partial charge in [0.1, 0.15) is 0 Å². The second kappa shape index (κ2) is 8.25. The first kappa shape index (κ1) is 15.2. The predicted molar refractivity (Wildman–Crippen MR) is 78.8 cm³/mol. The highest BCUT2D eigenvalue weighted by atomic mass is 14.9. The quantitative estimate of drug-likeness (QED) is 0.758. The van der Waals surface area contributed by atoms with Crippen LogP contribution in [0.5, 0.6) is 0 Å². The summed E-state index contributed by atoms with van der Waals surface area (Å²) in [5.74, 6) is 0.714. The highest BCUT2D eigenvalue weighted by Gasteiger charge is 2.17. The van der Waals surface area contributed by atoms with E-state index in [1.165, 1.54) is 30.5 Å². The van der Waals surface area contributed by atoms with Gasteiger partial charge in [-0.2, -0.15) is 0 Å². The molecule has 1 aromatic rings. The lowest BCUT2D eigenvalue weighted by Crippen LogP contribution is -2.37. The monoisotopic (exact) mass is 248 g/mol. The lowest BCUT2D eigenvalue weighted by atomic mass is 9.91. The summed E-state index contributed by atoms with van der Waals surface area (Å²) in [5.41, 5.74) is 2.55. The van der Waals surface area contributed by atoms with Crippen molar-refractivity contribution < 1.29 is 0 Å². The Kier molecular flexibility index (Phi) is 6.96. The fraction of sp³-hybridized carbons (Fsp3) is 0.688. The number of unbranched alkanes of at least 4 members (excludes halogenated alkanes) is 1. The van der Waals surface area contributed by atoms with Gasteiger partial charge in [0.2, 0.25) is 0 Å². The third-order valence-electron chi connectivity index (χ3n) is 3.70. The van der Waals surface area contributed by atoms with Crippen molar-refractivity contribution in [3.8, 4) is 0 Å². The number of likely N-dealkylation sites (N-methyl/N-ethyl adjacent to an activating group) is 1. The lowest BCUT2D eigenvalue weighted by molar-refractivity contribution is 0.350. The molecule has 2 heteroatoms. The molecule has 1 rings (SSSR count). The molecule has 0 bridgehead atoms. The molecule has 0 aromatic carbocycles. The third-order valence-corrected chi connectivity index (χ3v) is 3.70. The minimum absolute atomic E-state index is 0.551. The fourth-order valence-electron chi connectivity index (χ4n) is 2.40. The maximum atomic E-state index is 4.52. The van der Waals surface area contributed by atoms with Crippen molar-refractivity contribution in [2.45, 2.75) is 59.4 Å². The van der Waals surface area contributed by atoms with Crippen LogP contribution in [-0.2, 0) is 6.42 Å². The van der Waals surface area contributed by atoms with Gasteiger partial charge < -0.3 is 5.32 Å². The molecular formula is C16H28N2. The molecule has 2 atom stereocenters. The van der Waals surface area contributed by atoms with Crippen LogP contribution >= 0.6 is 0 Å². The number of pyridine rings is 1. The molecule has 18 heavy (non-hydrogen) atoms. The average molecular weight is 248 g/mol. The summed E-state index contributed by atoms with van der Waals surface area (Å²) in [6.07, 6.45) is 6.86. The zero-order valence-corrected chi connectivity index (χ0v) is 12.4. The Balaban J connectivity index is 2.64. The summed E-state index contributed by atoms with van der Waals surface area (Å²) in [6, 6.07) is 4.72. The van der Waals surface area contributed by atoms with E-state index < -0.39 is 0 Å². The molecule has 0 saturated carbocycles. The number of hydrogen-bond donors (Lipinski definition) is 1. The first-order chi connectivity index (χ1) is 8.69. The fourth-order valence-corrected chi connectivity index (χ4v) is 2.40. The van der Waals surface area contributed by atoms with E-state index in [-0.39, 0.29) is 0 Å². The number of nitrogens with one attached hydrogen (secondary N) is 1. The maximum absolute atomic E-state index is 4.52. The van der Waals surface area contributed by atoms with E-state index in [0.717, 1.165) is 13.0 Å². The molecular weight excluding hydrogens is 220 g/mol.